The third-order valence-electron chi connectivity index (χ3n) is 5.98. The molecule has 1 heterocycles. The molecule has 0 radical (unpaired) electrons. The smallest absolute Gasteiger partial charge is 0.408 e. The molecule has 39 heavy (non-hydrogen) atoms. The SMILES string of the molecule is CCNC(=O)[C@H](Cc1ccc(C(=O)Nc2cc(-c3ccsc3)ccc2N)cc1)NC(=O)OCc1ccccc1. The highest BCUT2D eigenvalue weighted by Crippen LogP contribution is 2.29. The monoisotopic (exact) mass is 542 g/mol. The van der Waals surface area contributed by atoms with E-state index in [0.717, 1.165) is 22.3 Å². The largest absolute Gasteiger partial charge is 0.445 e. The summed E-state index contributed by atoms with van der Waals surface area (Å²) in [6.45, 7) is 2.32. The zero-order chi connectivity index (χ0) is 27.6. The summed E-state index contributed by atoms with van der Waals surface area (Å²) in [5.74, 6) is -0.629. The van der Waals surface area contributed by atoms with Crippen molar-refractivity contribution < 1.29 is 19.1 Å². The lowest BCUT2D eigenvalue weighted by atomic mass is 10.0. The Hall–Kier alpha value is -4.63. The van der Waals surface area contributed by atoms with Crippen molar-refractivity contribution in [3.8, 4) is 11.1 Å². The average Bonchev–Trinajstić information content (AvgIpc) is 3.49. The Kier molecular flexibility index (Phi) is 9.31. The van der Waals surface area contributed by atoms with Crippen molar-refractivity contribution in [2.45, 2.75) is 26.0 Å². The number of rotatable bonds is 10. The minimum Gasteiger partial charge on any atom is -0.445 e. The second kappa shape index (κ2) is 13.3. The van der Waals surface area contributed by atoms with Gasteiger partial charge in [0.15, 0.2) is 0 Å². The van der Waals surface area contributed by atoms with Gasteiger partial charge >= 0.3 is 6.09 Å². The van der Waals surface area contributed by atoms with E-state index in [1.165, 1.54) is 0 Å². The first-order valence-electron chi connectivity index (χ1n) is 12.5. The summed E-state index contributed by atoms with van der Waals surface area (Å²) in [4.78, 5) is 37.9. The molecule has 200 valence electrons. The van der Waals surface area contributed by atoms with Crippen molar-refractivity contribution in [1.29, 1.82) is 0 Å². The van der Waals surface area contributed by atoms with Gasteiger partial charge in [0.1, 0.15) is 12.6 Å². The topological polar surface area (TPSA) is 123 Å². The van der Waals surface area contributed by atoms with Gasteiger partial charge in [-0.2, -0.15) is 11.3 Å². The van der Waals surface area contributed by atoms with E-state index >= 15 is 0 Å². The number of carbonyl (C=O) groups excluding carboxylic acids is 3. The molecule has 0 aliphatic rings. The highest BCUT2D eigenvalue weighted by Gasteiger charge is 2.22. The fourth-order valence-electron chi connectivity index (χ4n) is 3.91. The van der Waals surface area contributed by atoms with Crippen LogP contribution in [0.3, 0.4) is 0 Å². The number of carbonyl (C=O) groups is 3. The van der Waals surface area contributed by atoms with E-state index in [1.54, 1.807) is 48.6 Å². The number of nitrogens with one attached hydrogen (secondary N) is 3. The lowest BCUT2D eigenvalue weighted by molar-refractivity contribution is -0.122. The van der Waals surface area contributed by atoms with Crippen molar-refractivity contribution >= 4 is 40.6 Å². The van der Waals surface area contributed by atoms with Crippen molar-refractivity contribution in [2.75, 3.05) is 17.6 Å². The van der Waals surface area contributed by atoms with Gasteiger partial charge in [0.2, 0.25) is 5.91 Å². The van der Waals surface area contributed by atoms with Crippen LogP contribution in [0, 0.1) is 0 Å². The van der Waals surface area contributed by atoms with Gasteiger partial charge in [0, 0.05) is 18.5 Å². The molecule has 1 aromatic heterocycles. The fraction of sp³-hybridized carbons (Fsp3) is 0.167. The maximum absolute atomic E-state index is 12.9. The van der Waals surface area contributed by atoms with Crippen molar-refractivity contribution in [3.63, 3.8) is 0 Å². The highest BCUT2D eigenvalue weighted by atomic mass is 32.1. The quantitative estimate of drug-likeness (QED) is 0.205. The lowest BCUT2D eigenvalue weighted by Crippen LogP contribution is -2.48. The number of alkyl carbamates (subject to hydrolysis) is 1. The Bertz CT molecular complexity index is 1410. The normalized spacial score (nSPS) is 11.3. The van der Waals surface area contributed by atoms with Crippen molar-refractivity contribution in [1.82, 2.24) is 10.6 Å². The van der Waals surface area contributed by atoms with Crippen LogP contribution in [0.1, 0.15) is 28.4 Å². The van der Waals surface area contributed by atoms with Gasteiger partial charge in [-0.25, -0.2) is 4.79 Å². The first kappa shape index (κ1) is 27.4. The number of ether oxygens (including phenoxy) is 1. The molecule has 0 bridgehead atoms. The third-order valence-corrected chi connectivity index (χ3v) is 6.67. The molecule has 5 N–H and O–H groups in total. The van der Waals surface area contributed by atoms with E-state index in [9.17, 15) is 14.4 Å². The summed E-state index contributed by atoms with van der Waals surface area (Å²) in [5, 5.41) is 12.3. The molecule has 0 unspecified atom stereocenters. The van der Waals surface area contributed by atoms with Gasteiger partial charge in [-0.3, -0.25) is 9.59 Å². The van der Waals surface area contributed by atoms with Crippen LogP contribution in [0.2, 0.25) is 0 Å². The zero-order valence-corrected chi connectivity index (χ0v) is 22.3. The molecule has 0 spiro atoms. The molecule has 0 aliphatic heterocycles. The second-order valence-corrected chi connectivity index (χ2v) is 9.60. The van der Waals surface area contributed by atoms with E-state index < -0.39 is 12.1 Å². The number of amides is 3. The van der Waals surface area contributed by atoms with Gasteiger partial charge < -0.3 is 26.4 Å². The van der Waals surface area contributed by atoms with Crippen molar-refractivity contribution in [3.05, 3.63) is 106 Å². The first-order chi connectivity index (χ1) is 18.9. The van der Waals surface area contributed by atoms with E-state index in [1.807, 2.05) is 59.3 Å². The van der Waals surface area contributed by atoms with Crippen LogP contribution < -0.4 is 21.7 Å². The number of benzene rings is 3. The standard InChI is InChI=1S/C30H30N4O4S/c1-2-32-29(36)27(34-30(37)38-18-21-6-4-3-5-7-21)16-20-8-10-22(11-9-20)28(35)33-26-17-23(12-13-25(26)31)24-14-15-39-19-24/h3-15,17,19,27H,2,16,18,31H2,1H3,(H,32,36)(H,33,35)(H,34,37)/t27-/m0/s1. The lowest BCUT2D eigenvalue weighted by Gasteiger charge is -2.18. The Morgan fingerprint density at radius 3 is 2.38 bits per heavy atom. The first-order valence-corrected chi connectivity index (χ1v) is 13.4. The third kappa shape index (κ3) is 7.68. The predicted octanol–water partition coefficient (Wildman–Crippen LogP) is 5.22. The summed E-state index contributed by atoms with van der Waals surface area (Å²) >= 11 is 1.60. The molecule has 0 saturated heterocycles. The summed E-state index contributed by atoms with van der Waals surface area (Å²) in [7, 11) is 0. The van der Waals surface area contributed by atoms with Crippen LogP contribution in [0.25, 0.3) is 11.1 Å². The summed E-state index contributed by atoms with van der Waals surface area (Å²) in [6, 6.07) is 22.8. The number of thiophene rings is 1. The van der Waals surface area contributed by atoms with Gasteiger partial charge in [0.25, 0.3) is 5.91 Å². The molecule has 0 saturated carbocycles. The molecule has 3 amide bonds. The van der Waals surface area contributed by atoms with Crippen LogP contribution in [0.5, 0.6) is 0 Å². The Morgan fingerprint density at radius 2 is 1.69 bits per heavy atom. The summed E-state index contributed by atoms with van der Waals surface area (Å²) in [6.07, 6.45) is -0.461. The minimum atomic E-state index is -0.840. The molecular formula is C30H30N4O4S. The average molecular weight is 543 g/mol. The summed E-state index contributed by atoms with van der Waals surface area (Å²) in [5.41, 5.74) is 11.2. The maximum atomic E-state index is 12.9. The van der Waals surface area contributed by atoms with Crippen LogP contribution in [-0.4, -0.2) is 30.5 Å². The van der Waals surface area contributed by atoms with Crippen LogP contribution in [-0.2, 0) is 22.6 Å². The summed E-state index contributed by atoms with van der Waals surface area (Å²) < 4.78 is 5.28. The van der Waals surface area contributed by atoms with E-state index in [2.05, 4.69) is 16.0 Å². The van der Waals surface area contributed by atoms with Crippen LogP contribution in [0.4, 0.5) is 16.2 Å². The molecule has 9 heteroatoms. The van der Waals surface area contributed by atoms with Crippen LogP contribution >= 0.6 is 11.3 Å². The maximum Gasteiger partial charge on any atom is 0.408 e. The van der Waals surface area contributed by atoms with Gasteiger partial charge in [-0.1, -0.05) is 48.5 Å². The number of anilines is 2. The minimum absolute atomic E-state index is 0.0965. The molecule has 0 fully saturated rings. The van der Waals surface area contributed by atoms with Crippen molar-refractivity contribution in [2.24, 2.45) is 0 Å². The number of nitrogens with two attached hydrogens (primary N) is 1. The zero-order valence-electron chi connectivity index (χ0n) is 21.5. The molecular weight excluding hydrogens is 512 g/mol. The number of likely N-dealkylation sites (N-methyl/N-ethyl adjacent to an activating group) is 1. The second-order valence-electron chi connectivity index (χ2n) is 8.82. The molecule has 4 aromatic rings. The molecule has 0 aliphatic carbocycles. The van der Waals surface area contributed by atoms with Gasteiger partial charge in [0.05, 0.1) is 11.4 Å². The Labute approximate surface area is 231 Å². The molecule has 3 aromatic carbocycles. The number of nitrogen functional groups attached to an aromatic ring is 1. The fourth-order valence-corrected chi connectivity index (χ4v) is 4.57. The Balaban J connectivity index is 1.39. The molecule has 8 nitrogen and oxygen atoms in total. The van der Waals surface area contributed by atoms with Gasteiger partial charge in [-0.15, -0.1) is 0 Å². The van der Waals surface area contributed by atoms with E-state index in [-0.39, 0.29) is 24.8 Å². The molecule has 1 atom stereocenters. The van der Waals surface area contributed by atoms with Crippen LogP contribution in [0.15, 0.2) is 89.6 Å². The Morgan fingerprint density at radius 1 is 0.923 bits per heavy atom. The number of hydrogen-bond donors (Lipinski definition) is 4. The highest BCUT2D eigenvalue weighted by molar-refractivity contribution is 7.08. The van der Waals surface area contributed by atoms with Gasteiger partial charge in [-0.05, 0) is 70.3 Å². The van der Waals surface area contributed by atoms with E-state index in [4.69, 9.17) is 10.5 Å². The predicted molar refractivity (Wildman–Crippen MR) is 155 cm³/mol. The molecule has 4 rings (SSSR count). The number of hydrogen-bond acceptors (Lipinski definition) is 6. The van der Waals surface area contributed by atoms with E-state index in [0.29, 0.717) is 23.5 Å².